The maximum Gasteiger partial charge on any atom is 0.257 e. The number of likely N-dealkylation sites (tertiary alicyclic amines) is 1. The van der Waals surface area contributed by atoms with Crippen LogP contribution in [0.1, 0.15) is 41.6 Å². The van der Waals surface area contributed by atoms with E-state index in [-0.39, 0.29) is 22.8 Å². The second-order valence-electron chi connectivity index (χ2n) is 9.35. The number of nitrogens with two attached hydrogens (primary N) is 1. The Morgan fingerprint density at radius 3 is 2.49 bits per heavy atom. The molecule has 0 spiro atoms. The van der Waals surface area contributed by atoms with E-state index in [4.69, 9.17) is 5.73 Å². The van der Waals surface area contributed by atoms with Gasteiger partial charge in [-0.1, -0.05) is 12.1 Å². The Kier molecular flexibility index (Phi) is 7.44. The molecular formula is C25H33N5O4S. The van der Waals surface area contributed by atoms with Gasteiger partial charge in [0.15, 0.2) is 0 Å². The van der Waals surface area contributed by atoms with E-state index >= 15 is 0 Å². The van der Waals surface area contributed by atoms with Crippen molar-refractivity contribution in [1.29, 1.82) is 0 Å². The molecule has 188 valence electrons. The zero-order valence-electron chi connectivity index (χ0n) is 20.2. The molecule has 1 unspecified atom stereocenters. The highest BCUT2D eigenvalue weighted by molar-refractivity contribution is 7.89. The molecule has 0 radical (unpaired) electrons. The van der Waals surface area contributed by atoms with Gasteiger partial charge in [-0.25, -0.2) is 12.7 Å². The Bertz CT molecular complexity index is 1210. The van der Waals surface area contributed by atoms with Crippen LogP contribution >= 0.6 is 0 Å². The number of amides is 2. The van der Waals surface area contributed by atoms with Crippen LogP contribution in [0, 0.1) is 0 Å². The van der Waals surface area contributed by atoms with Crippen LogP contribution in [-0.2, 0) is 21.4 Å². The molecule has 9 nitrogen and oxygen atoms in total. The predicted molar refractivity (Wildman–Crippen MR) is 136 cm³/mol. The van der Waals surface area contributed by atoms with Crippen LogP contribution < -0.4 is 16.0 Å². The SMILES string of the molecule is CN(C)S(=O)(=O)c1ccc(N2CCCC2)c(C(=O)Nc2cccc(CN3CCCC3C(N)=O)c2)c1. The summed E-state index contributed by atoms with van der Waals surface area (Å²) in [7, 11) is -0.746. The second kappa shape index (κ2) is 10.3. The molecule has 2 aromatic carbocycles. The van der Waals surface area contributed by atoms with Crippen LogP contribution in [0.4, 0.5) is 11.4 Å². The lowest BCUT2D eigenvalue weighted by Gasteiger charge is -2.23. The molecule has 35 heavy (non-hydrogen) atoms. The molecule has 10 heteroatoms. The maximum absolute atomic E-state index is 13.4. The maximum atomic E-state index is 13.4. The van der Waals surface area contributed by atoms with Crippen molar-refractivity contribution in [1.82, 2.24) is 9.21 Å². The highest BCUT2D eigenvalue weighted by Gasteiger charge is 2.29. The minimum atomic E-state index is -3.69. The summed E-state index contributed by atoms with van der Waals surface area (Å²) in [6.07, 6.45) is 3.75. The summed E-state index contributed by atoms with van der Waals surface area (Å²) in [6, 6.07) is 12.0. The molecule has 2 fully saturated rings. The fourth-order valence-corrected chi connectivity index (χ4v) is 5.75. The smallest absolute Gasteiger partial charge is 0.257 e. The first-order valence-corrected chi connectivity index (χ1v) is 13.4. The van der Waals surface area contributed by atoms with Crippen LogP contribution in [0.5, 0.6) is 0 Å². The average Bonchev–Trinajstić information content (AvgIpc) is 3.51. The number of sulfonamides is 1. The minimum absolute atomic E-state index is 0.0795. The van der Waals surface area contributed by atoms with Crippen LogP contribution in [0.3, 0.4) is 0 Å². The molecule has 0 aromatic heterocycles. The molecule has 0 bridgehead atoms. The lowest BCUT2D eigenvalue weighted by molar-refractivity contribution is -0.122. The van der Waals surface area contributed by atoms with Crippen LogP contribution in [0.25, 0.3) is 0 Å². The number of hydrogen-bond donors (Lipinski definition) is 2. The molecular weight excluding hydrogens is 466 g/mol. The van der Waals surface area contributed by atoms with Crippen molar-refractivity contribution >= 4 is 33.2 Å². The van der Waals surface area contributed by atoms with Crippen molar-refractivity contribution in [3.8, 4) is 0 Å². The molecule has 1 atom stereocenters. The van der Waals surface area contributed by atoms with Gasteiger partial charge in [-0.3, -0.25) is 14.5 Å². The zero-order chi connectivity index (χ0) is 25.2. The molecule has 2 saturated heterocycles. The van der Waals surface area contributed by atoms with Crippen LogP contribution in [-0.4, -0.2) is 69.2 Å². The van der Waals surface area contributed by atoms with Gasteiger partial charge in [0.1, 0.15) is 0 Å². The van der Waals surface area contributed by atoms with Gasteiger partial charge < -0.3 is 16.0 Å². The first-order chi connectivity index (χ1) is 16.7. The quantitative estimate of drug-likeness (QED) is 0.576. The van der Waals surface area contributed by atoms with Gasteiger partial charge >= 0.3 is 0 Å². The lowest BCUT2D eigenvalue weighted by atomic mass is 10.1. The van der Waals surface area contributed by atoms with E-state index in [9.17, 15) is 18.0 Å². The van der Waals surface area contributed by atoms with Crippen molar-refractivity contribution in [2.24, 2.45) is 5.73 Å². The standard InChI is InChI=1S/C25H33N5O4S/c1-28(2)35(33,34)20-10-11-22(29-12-3-4-13-29)21(16-20)25(32)27-19-8-5-7-18(15-19)17-30-14-6-9-23(30)24(26)31/h5,7-8,10-11,15-16,23H,3-4,6,9,12-14,17H2,1-2H3,(H2,26,31)(H,27,32). The third-order valence-electron chi connectivity index (χ3n) is 6.70. The minimum Gasteiger partial charge on any atom is -0.371 e. The number of rotatable bonds is 8. The lowest BCUT2D eigenvalue weighted by Crippen LogP contribution is -2.39. The third-order valence-corrected chi connectivity index (χ3v) is 8.51. The fraction of sp³-hybridized carbons (Fsp3) is 0.440. The topological polar surface area (TPSA) is 116 Å². The number of primary amides is 1. The third kappa shape index (κ3) is 5.50. The largest absolute Gasteiger partial charge is 0.371 e. The Morgan fingerprint density at radius 1 is 1.06 bits per heavy atom. The first-order valence-electron chi connectivity index (χ1n) is 11.9. The number of hydrogen-bond acceptors (Lipinski definition) is 6. The van der Waals surface area contributed by atoms with Crippen molar-refractivity contribution in [2.75, 3.05) is 43.9 Å². The predicted octanol–water partition coefficient (Wildman–Crippen LogP) is 2.24. The molecule has 0 saturated carbocycles. The normalized spacial score (nSPS) is 18.8. The highest BCUT2D eigenvalue weighted by Crippen LogP contribution is 2.29. The summed E-state index contributed by atoms with van der Waals surface area (Å²) < 4.78 is 26.6. The summed E-state index contributed by atoms with van der Waals surface area (Å²) in [6.45, 7) is 3.02. The van der Waals surface area contributed by atoms with Crippen molar-refractivity contribution in [3.05, 3.63) is 53.6 Å². The number of benzene rings is 2. The molecule has 0 aliphatic carbocycles. The summed E-state index contributed by atoms with van der Waals surface area (Å²) in [5.74, 6) is -0.676. The van der Waals surface area contributed by atoms with Gasteiger partial charge in [0.25, 0.3) is 5.91 Å². The molecule has 2 aliphatic heterocycles. The number of carbonyl (C=O) groups excluding carboxylic acids is 2. The summed E-state index contributed by atoms with van der Waals surface area (Å²) in [5, 5.41) is 2.95. The summed E-state index contributed by atoms with van der Waals surface area (Å²) in [4.78, 5) is 29.4. The number of anilines is 2. The molecule has 2 amide bonds. The van der Waals surface area contributed by atoms with E-state index < -0.39 is 10.0 Å². The molecule has 4 rings (SSSR count). The Balaban J connectivity index is 1.59. The number of carbonyl (C=O) groups is 2. The van der Waals surface area contributed by atoms with E-state index in [1.54, 1.807) is 18.2 Å². The van der Waals surface area contributed by atoms with E-state index in [1.807, 2.05) is 18.2 Å². The Morgan fingerprint density at radius 2 is 1.80 bits per heavy atom. The van der Waals surface area contributed by atoms with Gasteiger partial charge in [-0.05, 0) is 68.1 Å². The summed E-state index contributed by atoms with van der Waals surface area (Å²) in [5.41, 5.74) is 8.17. The highest BCUT2D eigenvalue weighted by atomic mass is 32.2. The molecule has 2 heterocycles. The van der Waals surface area contributed by atoms with Gasteiger partial charge in [0, 0.05) is 45.1 Å². The van der Waals surface area contributed by atoms with Crippen molar-refractivity contribution in [3.63, 3.8) is 0 Å². The zero-order valence-corrected chi connectivity index (χ0v) is 21.1. The fourth-order valence-electron chi connectivity index (χ4n) is 4.82. The molecule has 3 N–H and O–H groups in total. The average molecular weight is 500 g/mol. The van der Waals surface area contributed by atoms with E-state index in [2.05, 4.69) is 15.1 Å². The van der Waals surface area contributed by atoms with Gasteiger partial charge in [0.2, 0.25) is 15.9 Å². The van der Waals surface area contributed by atoms with Crippen molar-refractivity contribution < 1.29 is 18.0 Å². The number of nitrogens with zero attached hydrogens (tertiary/aromatic N) is 3. The second-order valence-corrected chi connectivity index (χ2v) is 11.5. The number of nitrogens with one attached hydrogen (secondary N) is 1. The van der Waals surface area contributed by atoms with Gasteiger partial charge in [0.05, 0.1) is 16.5 Å². The van der Waals surface area contributed by atoms with E-state index in [1.165, 1.54) is 20.2 Å². The van der Waals surface area contributed by atoms with E-state index in [0.717, 1.165) is 60.9 Å². The Hall–Kier alpha value is -2.95. The molecule has 2 aliphatic rings. The van der Waals surface area contributed by atoms with E-state index in [0.29, 0.717) is 17.8 Å². The Labute approximate surface area is 206 Å². The van der Waals surface area contributed by atoms with Gasteiger partial charge in [-0.15, -0.1) is 0 Å². The van der Waals surface area contributed by atoms with Crippen LogP contribution in [0.15, 0.2) is 47.4 Å². The van der Waals surface area contributed by atoms with Crippen molar-refractivity contribution in [2.45, 2.75) is 43.2 Å². The summed E-state index contributed by atoms with van der Waals surface area (Å²) >= 11 is 0. The monoisotopic (exact) mass is 499 g/mol. The van der Waals surface area contributed by atoms with Crippen LogP contribution in [0.2, 0.25) is 0 Å². The van der Waals surface area contributed by atoms with Gasteiger partial charge in [-0.2, -0.15) is 0 Å². The molecule has 2 aromatic rings. The first kappa shape index (κ1) is 25.2.